The Morgan fingerprint density at radius 3 is 1.07 bits per heavy atom. The van der Waals surface area contributed by atoms with E-state index in [9.17, 15) is 40.2 Å². The summed E-state index contributed by atoms with van der Waals surface area (Å²) in [5, 5.41) is 73.0. The first-order valence-corrected chi connectivity index (χ1v) is 22.9. The highest BCUT2D eigenvalue weighted by atomic mass is 16.8. The van der Waals surface area contributed by atoms with E-state index in [4.69, 9.17) is 23.7 Å². The van der Waals surface area contributed by atoms with Crippen LogP contribution < -0.4 is 0 Å². The molecule has 13 nitrogen and oxygen atoms in total. The molecular formula is C58H46O13. The number of hydrogen-bond donors (Lipinski definition) is 6. The second kappa shape index (κ2) is 20.5. The van der Waals surface area contributed by atoms with Crippen LogP contribution in [0, 0.1) is 23.7 Å². The standard InChI is InChI=1S/C58H46O13/c59-49-47(31-67-55(65)35-23-17-33(18-24-35)21-27-45-41-13-5-1-9-37(41)29-38-10-2-6-14-42(38)45)69-57(53(63)51(49)61)71-58-54(64)52(62)50(60)48(70-58)32-68-56(66)36-25-19-34(20-26-36)22-28-46-43-15-7-3-11-39(43)30-40-12-4-8-16-44(40)46/h1-20,23-26,29-30,47-54,57-64H,31-32H2/t47-,48-,49-,50-,51+,52+,53-,54-,57-,58-/m1/s1. The van der Waals surface area contributed by atoms with Crippen molar-refractivity contribution in [1.82, 2.24) is 0 Å². The van der Waals surface area contributed by atoms with Gasteiger partial charge in [-0.1, -0.05) is 121 Å². The Morgan fingerprint density at radius 2 is 0.732 bits per heavy atom. The van der Waals surface area contributed by atoms with Crippen LogP contribution in [0.2, 0.25) is 0 Å². The van der Waals surface area contributed by atoms with Gasteiger partial charge in [0, 0.05) is 22.3 Å². The van der Waals surface area contributed by atoms with Crippen LogP contribution in [0.5, 0.6) is 0 Å². The monoisotopic (exact) mass is 950 g/mol. The van der Waals surface area contributed by atoms with Crippen LogP contribution in [-0.2, 0) is 23.7 Å². The SMILES string of the molecule is O=C(OC[C@H]1O[C@H](O[C@H]2O[C@H](COC(=O)c3ccc(C#Cc4c5ccccc5cc5ccccc45)cc3)[C@@H](O)[C@H](O)[C@H]2O)[C@H](O)[C@@H](O)[C@@H]1O)c1ccc(C#Cc2c3ccccc3cc3ccccc23)cc1. The van der Waals surface area contributed by atoms with E-state index in [1.54, 1.807) is 24.3 Å². The number of fused-ring (bicyclic) bond motifs is 4. The summed E-state index contributed by atoms with van der Waals surface area (Å²) >= 11 is 0. The normalized spacial score (nSPS) is 24.1. The quantitative estimate of drug-likeness (QED) is 0.0612. The van der Waals surface area contributed by atoms with Crippen LogP contribution in [0.4, 0.5) is 0 Å². The summed E-state index contributed by atoms with van der Waals surface area (Å²) < 4.78 is 28.0. The van der Waals surface area contributed by atoms with Gasteiger partial charge in [0.05, 0.1) is 11.1 Å². The summed E-state index contributed by atoms with van der Waals surface area (Å²) in [5.74, 6) is 11.4. The molecule has 0 bridgehead atoms. The highest BCUT2D eigenvalue weighted by molar-refractivity contribution is 6.06. The van der Waals surface area contributed by atoms with Crippen LogP contribution in [0.25, 0.3) is 43.1 Å². The second-order valence-corrected chi connectivity index (χ2v) is 17.4. The van der Waals surface area contributed by atoms with Crippen molar-refractivity contribution in [3.63, 3.8) is 0 Å². The van der Waals surface area contributed by atoms with Crippen LogP contribution >= 0.6 is 0 Å². The lowest BCUT2D eigenvalue weighted by Gasteiger charge is -2.44. The molecule has 8 aromatic rings. The predicted octanol–water partition coefficient (Wildman–Crippen LogP) is 5.74. The maximum Gasteiger partial charge on any atom is 0.338 e. The summed E-state index contributed by atoms with van der Waals surface area (Å²) in [6, 6.07) is 49.1. The van der Waals surface area contributed by atoms with Gasteiger partial charge in [-0.25, -0.2) is 9.59 Å². The fourth-order valence-corrected chi connectivity index (χ4v) is 8.89. The number of esters is 2. The van der Waals surface area contributed by atoms with Crippen molar-refractivity contribution in [3.05, 3.63) is 191 Å². The molecule has 0 amide bonds. The summed E-state index contributed by atoms with van der Waals surface area (Å²) in [7, 11) is 0. The third kappa shape index (κ3) is 9.84. The molecule has 0 aromatic heterocycles. The van der Waals surface area contributed by atoms with E-state index in [0.29, 0.717) is 11.1 Å². The van der Waals surface area contributed by atoms with E-state index in [1.165, 1.54) is 24.3 Å². The average molecular weight is 951 g/mol. The number of carbonyl (C=O) groups excluding carboxylic acids is 2. The molecule has 0 saturated carbocycles. The minimum Gasteiger partial charge on any atom is -0.459 e. The summed E-state index contributed by atoms with van der Waals surface area (Å²) in [4.78, 5) is 26.3. The van der Waals surface area contributed by atoms with Crippen LogP contribution in [-0.4, -0.2) is 117 Å². The Morgan fingerprint density at radius 1 is 0.408 bits per heavy atom. The maximum absolute atomic E-state index is 13.1. The Balaban J connectivity index is 0.749. The summed E-state index contributed by atoms with van der Waals surface area (Å²) in [5.41, 5.74) is 3.38. The first-order chi connectivity index (χ1) is 34.5. The summed E-state index contributed by atoms with van der Waals surface area (Å²) in [6.07, 6.45) is -17.6. The fourth-order valence-electron chi connectivity index (χ4n) is 8.89. The van der Waals surface area contributed by atoms with Crippen LogP contribution in [0.15, 0.2) is 158 Å². The van der Waals surface area contributed by atoms with Gasteiger partial charge in [0.2, 0.25) is 0 Å². The third-order valence-electron chi connectivity index (χ3n) is 12.8. The molecule has 10 atom stereocenters. The van der Waals surface area contributed by atoms with E-state index >= 15 is 0 Å². The van der Waals surface area contributed by atoms with Crippen LogP contribution in [0.1, 0.15) is 43.0 Å². The topological polar surface area (TPSA) is 202 Å². The van der Waals surface area contributed by atoms with Crippen LogP contribution in [0.3, 0.4) is 0 Å². The molecule has 0 spiro atoms. The number of rotatable bonds is 8. The fraction of sp³-hybridized carbons (Fsp3) is 0.207. The average Bonchev–Trinajstić information content (AvgIpc) is 3.40. The molecule has 2 saturated heterocycles. The number of aliphatic hydroxyl groups excluding tert-OH is 6. The van der Waals surface area contributed by atoms with E-state index in [0.717, 1.165) is 54.2 Å². The van der Waals surface area contributed by atoms with Crippen molar-refractivity contribution >= 4 is 55.0 Å². The summed E-state index contributed by atoms with van der Waals surface area (Å²) in [6.45, 7) is -1.19. The molecule has 2 aliphatic rings. The van der Waals surface area contributed by atoms with Gasteiger partial charge in [-0.2, -0.15) is 0 Å². The van der Waals surface area contributed by atoms with Gasteiger partial charge in [-0.05, 0) is 104 Å². The molecular weight excluding hydrogens is 905 g/mol. The van der Waals surface area contributed by atoms with Gasteiger partial charge in [-0.15, -0.1) is 0 Å². The minimum absolute atomic E-state index is 0.163. The lowest BCUT2D eigenvalue weighted by Crippen LogP contribution is -2.64. The van der Waals surface area contributed by atoms with Crippen molar-refractivity contribution in [3.8, 4) is 23.7 Å². The molecule has 0 aliphatic carbocycles. The first kappa shape index (κ1) is 47.2. The maximum atomic E-state index is 13.1. The van der Waals surface area contributed by atoms with Gasteiger partial charge in [0.25, 0.3) is 0 Å². The molecule has 0 unspecified atom stereocenters. The molecule has 2 aliphatic heterocycles. The molecule has 71 heavy (non-hydrogen) atoms. The van der Waals surface area contributed by atoms with Crippen molar-refractivity contribution in [2.24, 2.45) is 0 Å². The highest BCUT2D eigenvalue weighted by Gasteiger charge is 2.50. The zero-order chi connectivity index (χ0) is 49.2. The number of aliphatic hydroxyl groups is 6. The number of benzene rings is 8. The third-order valence-corrected chi connectivity index (χ3v) is 12.8. The lowest BCUT2D eigenvalue weighted by molar-refractivity contribution is -0.376. The molecule has 2 heterocycles. The zero-order valence-corrected chi connectivity index (χ0v) is 37.7. The van der Waals surface area contributed by atoms with E-state index < -0.39 is 86.6 Å². The van der Waals surface area contributed by atoms with Gasteiger partial charge < -0.3 is 54.3 Å². The molecule has 13 heteroatoms. The van der Waals surface area contributed by atoms with E-state index in [-0.39, 0.29) is 11.1 Å². The number of hydrogen-bond acceptors (Lipinski definition) is 13. The molecule has 356 valence electrons. The van der Waals surface area contributed by atoms with E-state index in [1.807, 2.05) is 97.1 Å². The Hall–Kier alpha value is -7.50. The number of carbonyl (C=O) groups is 2. The molecule has 2 fully saturated rings. The van der Waals surface area contributed by atoms with Gasteiger partial charge >= 0.3 is 11.9 Å². The van der Waals surface area contributed by atoms with Gasteiger partial charge in [0.1, 0.15) is 62.0 Å². The highest BCUT2D eigenvalue weighted by Crippen LogP contribution is 2.31. The smallest absolute Gasteiger partial charge is 0.338 e. The molecule has 6 N–H and O–H groups in total. The van der Waals surface area contributed by atoms with Crippen molar-refractivity contribution in [1.29, 1.82) is 0 Å². The lowest BCUT2D eigenvalue weighted by atomic mass is 9.97. The zero-order valence-electron chi connectivity index (χ0n) is 37.7. The van der Waals surface area contributed by atoms with Gasteiger partial charge in [-0.3, -0.25) is 0 Å². The second-order valence-electron chi connectivity index (χ2n) is 17.4. The largest absolute Gasteiger partial charge is 0.459 e. The molecule has 10 rings (SSSR count). The van der Waals surface area contributed by atoms with E-state index in [2.05, 4.69) is 35.8 Å². The van der Waals surface area contributed by atoms with Crippen molar-refractivity contribution in [2.45, 2.75) is 61.4 Å². The first-order valence-electron chi connectivity index (χ1n) is 22.9. The molecule has 0 radical (unpaired) electrons. The van der Waals surface area contributed by atoms with Crippen molar-refractivity contribution in [2.75, 3.05) is 13.2 Å². The molecule has 8 aromatic carbocycles. The predicted molar refractivity (Wildman–Crippen MR) is 263 cm³/mol. The minimum atomic E-state index is -1.91. The van der Waals surface area contributed by atoms with Crippen molar-refractivity contribution < 1.29 is 63.9 Å². The van der Waals surface area contributed by atoms with Gasteiger partial charge in [0.15, 0.2) is 12.6 Å². The number of ether oxygens (including phenoxy) is 5. The Labute approximate surface area is 407 Å². The Bertz CT molecular complexity index is 3070. The Kier molecular flexibility index (Phi) is 13.6.